The molecule has 32 heavy (non-hydrogen) atoms. The number of hydrogen-bond donors (Lipinski definition) is 1. The Hall–Kier alpha value is -3.33. The van der Waals surface area contributed by atoms with Crippen LogP contribution in [-0.4, -0.2) is 18.3 Å². The van der Waals surface area contributed by atoms with Crippen molar-refractivity contribution >= 4 is 0 Å². The largest absolute Gasteiger partial charge is 0.619 e. The highest BCUT2D eigenvalue weighted by Crippen LogP contribution is 2.37. The minimum atomic E-state index is -3.23. The molecule has 3 aromatic rings. The fraction of sp³-hybridized carbons (Fsp3) is 0.261. The van der Waals surface area contributed by atoms with Crippen LogP contribution >= 0.6 is 0 Å². The Balaban J connectivity index is 2.03. The average Bonchev–Trinajstić information content (AvgIpc) is 2.74. The molecule has 0 bridgehead atoms. The first-order valence-corrected chi connectivity index (χ1v) is 9.72. The van der Waals surface area contributed by atoms with E-state index in [4.69, 9.17) is 0 Å². The van der Waals surface area contributed by atoms with Crippen LogP contribution in [0, 0.1) is 5.21 Å². The van der Waals surface area contributed by atoms with E-state index in [1.807, 2.05) is 0 Å². The van der Waals surface area contributed by atoms with Crippen molar-refractivity contribution in [2.45, 2.75) is 38.6 Å². The molecule has 1 heterocycles. The lowest BCUT2D eigenvalue weighted by Crippen LogP contribution is -2.24. The number of rotatable bonds is 9. The number of ether oxygens (including phenoxy) is 2. The lowest BCUT2D eigenvalue weighted by molar-refractivity contribution is -0.605. The molecule has 2 aromatic carbocycles. The molecule has 0 fully saturated rings. The van der Waals surface area contributed by atoms with E-state index in [0.29, 0.717) is 22.3 Å². The summed E-state index contributed by atoms with van der Waals surface area (Å²) in [5.41, 5.74) is 2.80. The van der Waals surface area contributed by atoms with E-state index in [0.717, 1.165) is 17.2 Å². The monoisotopic (exact) mass is 451 g/mol. The zero-order valence-corrected chi connectivity index (χ0v) is 17.0. The third kappa shape index (κ3) is 6.10. The summed E-state index contributed by atoms with van der Waals surface area (Å²) in [6.45, 7) is -4.80. The van der Waals surface area contributed by atoms with Gasteiger partial charge in [0, 0.05) is 18.1 Å². The first-order valence-electron chi connectivity index (χ1n) is 9.72. The fourth-order valence-corrected chi connectivity index (χ4v) is 3.37. The van der Waals surface area contributed by atoms with E-state index in [-0.39, 0.29) is 5.92 Å². The van der Waals surface area contributed by atoms with Crippen LogP contribution in [0.3, 0.4) is 0 Å². The Bertz CT molecular complexity index is 1010. The molecule has 2 atom stereocenters. The minimum Gasteiger partial charge on any atom is -0.619 e. The lowest BCUT2D eigenvalue weighted by Gasteiger charge is -2.21. The highest BCUT2D eigenvalue weighted by molar-refractivity contribution is 5.47. The standard InChI is InChI=1S/C23H21F4NO4/c1-14(29)16-2-4-17(5-3-16)19(12-15-8-10-28(30)11-9-15)18-6-7-20(31-22(24)25)21(13-18)32-23(26)27/h2-11,13-14,19,22-23,29H,12H2,1H3. The maximum Gasteiger partial charge on any atom is 0.387 e. The molecule has 0 spiro atoms. The number of benzene rings is 2. The van der Waals surface area contributed by atoms with Gasteiger partial charge in [-0.2, -0.15) is 22.3 Å². The first kappa shape index (κ1) is 23.3. The van der Waals surface area contributed by atoms with E-state index in [2.05, 4.69) is 9.47 Å². The van der Waals surface area contributed by atoms with Crippen molar-refractivity contribution in [3.05, 3.63) is 94.5 Å². The van der Waals surface area contributed by atoms with Gasteiger partial charge in [0.2, 0.25) is 0 Å². The molecular weight excluding hydrogens is 430 g/mol. The molecule has 0 aliphatic heterocycles. The number of nitrogens with zero attached hydrogens (tertiary/aromatic N) is 1. The van der Waals surface area contributed by atoms with Crippen molar-refractivity contribution in [2.75, 3.05) is 0 Å². The van der Waals surface area contributed by atoms with Gasteiger partial charge in [-0.05, 0) is 47.7 Å². The number of alkyl halides is 4. The molecule has 0 saturated heterocycles. The van der Waals surface area contributed by atoms with Gasteiger partial charge in [0.25, 0.3) is 0 Å². The highest BCUT2D eigenvalue weighted by Gasteiger charge is 2.21. The second-order valence-corrected chi connectivity index (χ2v) is 7.13. The van der Waals surface area contributed by atoms with Crippen LogP contribution in [0.2, 0.25) is 0 Å². The fourth-order valence-electron chi connectivity index (χ4n) is 3.37. The smallest absolute Gasteiger partial charge is 0.387 e. The number of aromatic nitrogens is 1. The molecule has 0 saturated carbocycles. The number of pyridine rings is 1. The Morgan fingerprint density at radius 1 is 0.812 bits per heavy atom. The van der Waals surface area contributed by atoms with Crippen molar-refractivity contribution in [1.29, 1.82) is 0 Å². The van der Waals surface area contributed by atoms with Crippen molar-refractivity contribution in [3.8, 4) is 11.5 Å². The zero-order chi connectivity index (χ0) is 23.3. The van der Waals surface area contributed by atoms with Crippen molar-refractivity contribution < 1.29 is 36.9 Å². The molecule has 170 valence electrons. The second-order valence-electron chi connectivity index (χ2n) is 7.13. The van der Waals surface area contributed by atoms with E-state index in [1.54, 1.807) is 43.3 Å². The molecule has 1 N–H and O–H groups in total. The normalized spacial score (nSPS) is 13.2. The molecule has 1 aromatic heterocycles. The van der Waals surface area contributed by atoms with Crippen LogP contribution in [0.5, 0.6) is 11.5 Å². The highest BCUT2D eigenvalue weighted by atomic mass is 19.3. The Kier molecular flexibility index (Phi) is 7.53. The van der Waals surface area contributed by atoms with Gasteiger partial charge >= 0.3 is 13.2 Å². The third-order valence-corrected chi connectivity index (χ3v) is 4.93. The molecular formula is C23H21F4NO4. The van der Waals surface area contributed by atoms with E-state index in [9.17, 15) is 27.9 Å². The quantitative estimate of drug-likeness (QED) is 0.284. The van der Waals surface area contributed by atoms with Gasteiger partial charge < -0.3 is 19.8 Å². The van der Waals surface area contributed by atoms with Gasteiger partial charge in [0.15, 0.2) is 23.9 Å². The Labute approximate surface area is 182 Å². The average molecular weight is 451 g/mol. The number of hydrogen-bond acceptors (Lipinski definition) is 4. The Morgan fingerprint density at radius 3 is 1.91 bits per heavy atom. The molecule has 0 aliphatic rings. The Morgan fingerprint density at radius 2 is 1.34 bits per heavy atom. The van der Waals surface area contributed by atoms with Crippen LogP contribution in [-0.2, 0) is 6.42 Å². The van der Waals surface area contributed by atoms with Crippen molar-refractivity contribution in [1.82, 2.24) is 0 Å². The van der Waals surface area contributed by atoms with Crippen LogP contribution in [0.1, 0.15) is 41.2 Å². The number of aliphatic hydroxyl groups is 1. The van der Waals surface area contributed by atoms with Gasteiger partial charge in [-0.3, -0.25) is 0 Å². The summed E-state index contributed by atoms with van der Waals surface area (Å²) in [7, 11) is 0. The summed E-state index contributed by atoms with van der Waals surface area (Å²) in [6, 6.07) is 14.2. The maximum absolute atomic E-state index is 12.9. The molecule has 5 nitrogen and oxygen atoms in total. The number of halogens is 4. The molecule has 2 unspecified atom stereocenters. The summed E-state index contributed by atoms with van der Waals surface area (Å²) in [5, 5.41) is 21.1. The van der Waals surface area contributed by atoms with Gasteiger partial charge in [-0.1, -0.05) is 30.3 Å². The first-order chi connectivity index (χ1) is 15.2. The lowest BCUT2D eigenvalue weighted by atomic mass is 9.85. The van der Waals surface area contributed by atoms with Gasteiger partial charge in [-0.25, -0.2) is 0 Å². The van der Waals surface area contributed by atoms with Crippen LogP contribution in [0.4, 0.5) is 17.6 Å². The number of aliphatic hydroxyl groups excluding tert-OH is 1. The van der Waals surface area contributed by atoms with Gasteiger partial charge in [-0.15, -0.1) is 0 Å². The second kappa shape index (κ2) is 10.3. The minimum absolute atomic E-state index is 0.387. The van der Waals surface area contributed by atoms with E-state index in [1.165, 1.54) is 24.5 Å². The van der Waals surface area contributed by atoms with E-state index >= 15 is 0 Å². The van der Waals surface area contributed by atoms with Crippen LogP contribution < -0.4 is 14.2 Å². The summed E-state index contributed by atoms with van der Waals surface area (Å²) < 4.78 is 60.5. The SMILES string of the molecule is CC(O)c1ccc(C(Cc2cc[n+]([O-])cc2)c2ccc(OC(F)F)c(OC(F)F)c2)cc1. The third-order valence-electron chi connectivity index (χ3n) is 4.93. The van der Waals surface area contributed by atoms with E-state index < -0.39 is 30.8 Å². The summed E-state index contributed by atoms with van der Waals surface area (Å²) in [6.07, 6.45) is 2.40. The van der Waals surface area contributed by atoms with Gasteiger partial charge in [0.1, 0.15) is 0 Å². The molecule has 0 radical (unpaired) electrons. The molecule has 3 rings (SSSR count). The zero-order valence-electron chi connectivity index (χ0n) is 17.0. The van der Waals surface area contributed by atoms with Crippen LogP contribution in [0.25, 0.3) is 0 Å². The maximum atomic E-state index is 12.9. The summed E-state index contributed by atoms with van der Waals surface area (Å²) in [5.74, 6) is -1.39. The molecule has 9 heteroatoms. The van der Waals surface area contributed by atoms with Gasteiger partial charge in [0.05, 0.1) is 6.10 Å². The van der Waals surface area contributed by atoms with Crippen molar-refractivity contribution in [2.24, 2.45) is 0 Å². The predicted molar refractivity (Wildman–Crippen MR) is 108 cm³/mol. The summed E-state index contributed by atoms with van der Waals surface area (Å²) in [4.78, 5) is 0. The molecule has 0 amide bonds. The van der Waals surface area contributed by atoms with Crippen LogP contribution in [0.15, 0.2) is 67.0 Å². The topological polar surface area (TPSA) is 65.6 Å². The van der Waals surface area contributed by atoms with Crippen molar-refractivity contribution in [3.63, 3.8) is 0 Å². The summed E-state index contributed by atoms with van der Waals surface area (Å²) >= 11 is 0. The predicted octanol–water partition coefficient (Wildman–Crippen LogP) is 4.95. The molecule has 0 aliphatic carbocycles.